The Morgan fingerprint density at radius 3 is 2.93 bits per heavy atom. The number of aryl methyl sites for hydroxylation is 1. The van der Waals surface area contributed by atoms with Crippen LogP contribution >= 0.6 is 0 Å². The molecule has 0 saturated heterocycles. The molecular weight excluding hydrogens is 350 g/mol. The van der Waals surface area contributed by atoms with Gasteiger partial charge >= 0.3 is 0 Å². The van der Waals surface area contributed by atoms with Crippen molar-refractivity contribution >= 4 is 10.9 Å². The molecule has 2 N–H and O–H groups in total. The lowest BCUT2D eigenvalue weighted by molar-refractivity contribution is 0.187. The van der Waals surface area contributed by atoms with Crippen LogP contribution in [0.3, 0.4) is 0 Å². The van der Waals surface area contributed by atoms with Crippen molar-refractivity contribution in [1.82, 2.24) is 10.3 Å². The maximum absolute atomic E-state index is 9.09. The van der Waals surface area contributed by atoms with E-state index < -0.39 is 0 Å². The summed E-state index contributed by atoms with van der Waals surface area (Å²) in [6.45, 7) is 2.49. The van der Waals surface area contributed by atoms with Gasteiger partial charge in [-0.05, 0) is 61.7 Å². The number of benzene rings is 2. The molecule has 144 valence electrons. The first-order valence-electron chi connectivity index (χ1n) is 9.93. The molecule has 5 heteroatoms. The van der Waals surface area contributed by atoms with E-state index in [4.69, 9.17) is 14.7 Å². The van der Waals surface area contributed by atoms with Crippen molar-refractivity contribution in [2.45, 2.75) is 31.8 Å². The molecule has 0 radical (unpaired) electrons. The summed E-state index contributed by atoms with van der Waals surface area (Å²) >= 11 is 0. The third-order valence-electron chi connectivity index (χ3n) is 5.16. The van der Waals surface area contributed by atoms with Crippen LogP contribution in [-0.2, 0) is 6.42 Å². The fourth-order valence-corrected chi connectivity index (χ4v) is 3.63. The third kappa shape index (κ3) is 4.29. The van der Waals surface area contributed by atoms with Crippen LogP contribution in [0.5, 0.6) is 11.5 Å². The summed E-state index contributed by atoms with van der Waals surface area (Å²) in [7, 11) is 0. The molecule has 0 fully saturated rings. The van der Waals surface area contributed by atoms with Crippen LogP contribution in [0.25, 0.3) is 10.9 Å². The molecule has 1 aromatic heterocycles. The van der Waals surface area contributed by atoms with Crippen LogP contribution in [0.15, 0.2) is 48.7 Å². The topological polar surface area (TPSA) is 70.1 Å². The standard InChI is InChI=1S/C23H25N3O2/c24-14-17-8-9-21-20(13-17)18(15-26-21)5-3-4-11-25-16-19-10-12-27-22-6-1-2-7-23(22)28-19/h1-2,6-9,13,15,19,25-26H,3-5,10-12,16H2. The van der Waals surface area contributed by atoms with Crippen LogP contribution in [0, 0.1) is 11.3 Å². The van der Waals surface area contributed by atoms with Crippen molar-refractivity contribution in [3.05, 3.63) is 59.8 Å². The van der Waals surface area contributed by atoms with E-state index in [1.165, 1.54) is 5.56 Å². The average Bonchev–Trinajstić information content (AvgIpc) is 3.01. The number of nitrogens with one attached hydrogen (secondary N) is 2. The molecule has 0 saturated carbocycles. The Morgan fingerprint density at radius 1 is 1.14 bits per heavy atom. The van der Waals surface area contributed by atoms with Crippen molar-refractivity contribution in [1.29, 1.82) is 5.26 Å². The van der Waals surface area contributed by atoms with Gasteiger partial charge < -0.3 is 19.8 Å². The number of rotatable bonds is 7. The molecule has 0 amide bonds. The molecule has 5 nitrogen and oxygen atoms in total. The summed E-state index contributed by atoms with van der Waals surface area (Å²) in [6, 6.07) is 15.9. The second kappa shape index (κ2) is 8.81. The van der Waals surface area contributed by atoms with E-state index in [2.05, 4.69) is 22.6 Å². The Bertz CT molecular complexity index is 973. The van der Waals surface area contributed by atoms with E-state index >= 15 is 0 Å². The predicted octanol–water partition coefficient (Wildman–Crippen LogP) is 4.18. The number of H-pyrrole nitrogens is 1. The van der Waals surface area contributed by atoms with Gasteiger partial charge in [-0.15, -0.1) is 0 Å². The minimum Gasteiger partial charge on any atom is -0.490 e. The lowest BCUT2D eigenvalue weighted by Gasteiger charge is -2.16. The maximum Gasteiger partial charge on any atom is 0.161 e. The molecule has 3 aromatic rings. The number of aromatic nitrogens is 1. The second-order valence-corrected chi connectivity index (χ2v) is 7.17. The van der Waals surface area contributed by atoms with Crippen LogP contribution in [0.1, 0.15) is 30.4 Å². The predicted molar refractivity (Wildman–Crippen MR) is 110 cm³/mol. The van der Waals surface area contributed by atoms with E-state index in [1.54, 1.807) is 0 Å². The molecule has 1 aliphatic heterocycles. The summed E-state index contributed by atoms with van der Waals surface area (Å²) < 4.78 is 11.8. The molecule has 2 heterocycles. The highest BCUT2D eigenvalue weighted by atomic mass is 16.5. The number of para-hydroxylation sites is 2. The number of hydrogen-bond acceptors (Lipinski definition) is 4. The normalized spacial score (nSPS) is 15.9. The van der Waals surface area contributed by atoms with E-state index in [-0.39, 0.29) is 6.10 Å². The molecular formula is C23H25N3O2. The van der Waals surface area contributed by atoms with Gasteiger partial charge in [0.15, 0.2) is 11.5 Å². The quantitative estimate of drug-likeness (QED) is 0.608. The first kappa shape index (κ1) is 18.4. The number of aromatic amines is 1. The van der Waals surface area contributed by atoms with Gasteiger partial charge in [0.05, 0.1) is 18.2 Å². The van der Waals surface area contributed by atoms with Gasteiger partial charge in [-0.2, -0.15) is 5.26 Å². The zero-order valence-electron chi connectivity index (χ0n) is 15.9. The molecule has 1 unspecified atom stereocenters. The minimum atomic E-state index is 0.140. The van der Waals surface area contributed by atoms with Gasteiger partial charge in [-0.25, -0.2) is 0 Å². The highest BCUT2D eigenvalue weighted by molar-refractivity contribution is 5.84. The average molecular weight is 375 g/mol. The van der Waals surface area contributed by atoms with Gasteiger partial charge in [-0.1, -0.05) is 12.1 Å². The van der Waals surface area contributed by atoms with E-state index in [0.717, 1.165) is 61.2 Å². The molecule has 2 aromatic carbocycles. The van der Waals surface area contributed by atoms with Crippen LogP contribution < -0.4 is 14.8 Å². The van der Waals surface area contributed by atoms with Crippen LogP contribution in [0.4, 0.5) is 0 Å². The number of hydrogen-bond donors (Lipinski definition) is 2. The number of ether oxygens (including phenoxy) is 2. The smallest absolute Gasteiger partial charge is 0.161 e. The van der Waals surface area contributed by atoms with Crippen molar-refractivity contribution in [2.75, 3.05) is 19.7 Å². The lowest BCUT2D eigenvalue weighted by atomic mass is 10.1. The Balaban J connectivity index is 1.20. The van der Waals surface area contributed by atoms with E-state index in [9.17, 15) is 0 Å². The Morgan fingerprint density at radius 2 is 2.04 bits per heavy atom. The SMILES string of the molecule is N#Cc1ccc2[nH]cc(CCCCNCC3CCOc4ccccc4O3)c2c1. The maximum atomic E-state index is 9.09. The van der Waals surface area contributed by atoms with Crippen LogP contribution in [-0.4, -0.2) is 30.8 Å². The van der Waals surface area contributed by atoms with Gasteiger partial charge in [0.25, 0.3) is 0 Å². The fraction of sp³-hybridized carbons (Fsp3) is 0.348. The number of nitrogens with zero attached hydrogens (tertiary/aromatic N) is 1. The largest absolute Gasteiger partial charge is 0.490 e. The second-order valence-electron chi connectivity index (χ2n) is 7.17. The highest BCUT2D eigenvalue weighted by Gasteiger charge is 2.17. The Kier molecular flexibility index (Phi) is 5.79. The summed E-state index contributed by atoms with van der Waals surface area (Å²) in [5.41, 5.74) is 3.09. The highest BCUT2D eigenvalue weighted by Crippen LogP contribution is 2.30. The first-order valence-corrected chi connectivity index (χ1v) is 9.93. The number of nitriles is 1. The number of unbranched alkanes of at least 4 members (excludes halogenated alkanes) is 1. The summed E-state index contributed by atoms with van der Waals surface area (Å²) in [5, 5.41) is 13.8. The molecule has 1 atom stereocenters. The lowest BCUT2D eigenvalue weighted by Crippen LogP contribution is -2.32. The molecule has 4 rings (SSSR count). The van der Waals surface area contributed by atoms with Gasteiger partial charge in [0, 0.05) is 30.1 Å². The molecule has 0 bridgehead atoms. The molecule has 1 aliphatic rings. The van der Waals surface area contributed by atoms with E-state index in [1.807, 2.05) is 42.5 Å². The van der Waals surface area contributed by atoms with Gasteiger partial charge in [-0.3, -0.25) is 0 Å². The van der Waals surface area contributed by atoms with Crippen molar-refractivity contribution in [2.24, 2.45) is 0 Å². The Hall–Kier alpha value is -2.97. The fourth-order valence-electron chi connectivity index (χ4n) is 3.63. The summed E-state index contributed by atoms with van der Waals surface area (Å²) in [5.74, 6) is 1.67. The summed E-state index contributed by atoms with van der Waals surface area (Å²) in [6.07, 6.45) is 6.31. The van der Waals surface area contributed by atoms with Crippen LogP contribution in [0.2, 0.25) is 0 Å². The molecule has 0 aliphatic carbocycles. The van der Waals surface area contributed by atoms with Crippen molar-refractivity contribution < 1.29 is 9.47 Å². The van der Waals surface area contributed by atoms with Gasteiger partial charge in [0.2, 0.25) is 0 Å². The first-order chi connectivity index (χ1) is 13.8. The van der Waals surface area contributed by atoms with E-state index in [0.29, 0.717) is 12.2 Å². The minimum absolute atomic E-state index is 0.140. The van der Waals surface area contributed by atoms with Crippen molar-refractivity contribution in [3.8, 4) is 17.6 Å². The summed E-state index contributed by atoms with van der Waals surface area (Å²) in [4.78, 5) is 3.30. The monoisotopic (exact) mass is 375 g/mol. The molecule has 0 spiro atoms. The van der Waals surface area contributed by atoms with Gasteiger partial charge in [0.1, 0.15) is 6.10 Å². The number of fused-ring (bicyclic) bond motifs is 2. The Labute approximate surface area is 165 Å². The third-order valence-corrected chi connectivity index (χ3v) is 5.16. The zero-order valence-corrected chi connectivity index (χ0v) is 15.9. The molecule has 28 heavy (non-hydrogen) atoms. The zero-order chi connectivity index (χ0) is 19.2. The van der Waals surface area contributed by atoms with Crippen molar-refractivity contribution in [3.63, 3.8) is 0 Å².